The number of nitrogens with two attached hydrogens (primary N) is 1. The lowest BCUT2D eigenvalue weighted by molar-refractivity contribution is 0.255. The molecule has 4 N–H and O–H groups in total. The Morgan fingerprint density at radius 2 is 1.66 bits per heavy atom. The number of hydrogen-bond donors (Lipinski definition) is 3. The number of nitrogen functional groups attached to an aromatic ring is 1. The standard InChI is InChI=1S/C26H31ClN4O/c1-5-21-23(27)16-24(28)22(6-2)25(21)30-26(32)31(17(3)18-10-8-7-9-11-18)20-14-12-19(29-4)13-15-20/h7-17,29H,5-6,28H2,1-4H3,(H,30,32)/t17-/m0/s1. The Kier molecular flexibility index (Phi) is 7.65. The fourth-order valence-corrected chi connectivity index (χ4v) is 4.33. The number of benzene rings is 3. The van der Waals surface area contributed by atoms with Gasteiger partial charge < -0.3 is 16.4 Å². The largest absolute Gasteiger partial charge is 0.398 e. The number of rotatable bonds is 7. The van der Waals surface area contributed by atoms with Gasteiger partial charge in [-0.15, -0.1) is 0 Å². The molecule has 0 aliphatic carbocycles. The number of halogens is 1. The van der Waals surface area contributed by atoms with Crippen LogP contribution in [0.1, 0.15) is 43.5 Å². The molecule has 0 spiro atoms. The van der Waals surface area contributed by atoms with E-state index in [1.165, 1.54) is 0 Å². The molecular formula is C26H31ClN4O. The molecule has 0 bridgehead atoms. The van der Waals surface area contributed by atoms with E-state index in [2.05, 4.69) is 10.6 Å². The summed E-state index contributed by atoms with van der Waals surface area (Å²) in [6, 6.07) is 19.1. The van der Waals surface area contributed by atoms with E-state index in [0.717, 1.165) is 28.1 Å². The molecule has 6 heteroatoms. The molecule has 0 aliphatic heterocycles. The summed E-state index contributed by atoms with van der Waals surface area (Å²) in [4.78, 5) is 15.5. The molecule has 3 rings (SSSR count). The summed E-state index contributed by atoms with van der Waals surface area (Å²) in [6.45, 7) is 6.07. The molecule has 0 saturated heterocycles. The topological polar surface area (TPSA) is 70.4 Å². The van der Waals surface area contributed by atoms with E-state index in [1.807, 2.05) is 82.4 Å². The highest BCUT2D eigenvalue weighted by atomic mass is 35.5. The zero-order valence-electron chi connectivity index (χ0n) is 19.1. The average Bonchev–Trinajstić information content (AvgIpc) is 2.80. The molecule has 2 amide bonds. The molecule has 0 saturated carbocycles. The second kappa shape index (κ2) is 10.4. The maximum atomic E-state index is 13.8. The molecule has 0 radical (unpaired) electrons. The van der Waals surface area contributed by atoms with Crippen molar-refractivity contribution in [1.82, 2.24) is 0 Å². The average molecular weight is 451 g/mol. The van der Waals surface area contributed by atoms with Gasteiger partial charge in [0.25, 0.3) is 0 Å². The van der Waals surface area contributed by atoms with Gasteiger partial charge in [0, 0.05) is 29.1 Å². The smallest absolute Gasteiger partial charge is 0.326 e. The van der Waals surface area contributed by atoms with Crippen molar-refractivity contribution >= 4 is 40.4 Å². The fourth-order valence-electron chi connectivity index (χ4n) is 3.99. The predicted molar refractivity (Wildman–Crippen MR) is 137 cm³/mol. The maximum Gasteiger partial charge on any atom is 0.326 e. The molecule has 0 fully saturated rings. The number of anilines is 4. The second-order valence-corrected chi connectivity index (χ2v) is 8.08. The first-order valence-corrected chi connectivity index (χ1v) is 11.3. The van der Waals surface area contributed by atoms with Crippen molar-refractivity contribution in [3.05, 3.63) is 82.4 Å². The van der Waals surface area contributed by atoms with Crippen LogP contribution in [0.3, 0.4) is 0 Å². The van der Waals surface area contributed by atoms with E-state index < -0.39 is 0 Å². The molecule has 0 aromatic heterocycles. The minimum atomic E-state index is -0.232. The Hall–Kier alpha value is -3.18. The van der Waals surface area contributed by atoms with Gasteiger partial charge in [0.2, 0.25) is 0 Å². The maximum absolute atomic E-state index is 13.8. The quantitative estimate of drug-likeness (QED) is 0.343. The summed E-state index contributed by atoms with van der Waals surface area (Å²) in [5.41, 5.74) is 12.1. The summed E-state index contributed by atoms with van der Waals surface area (Å²) in [7, 11) is 1.87. The third kappa shape index (κ3) is 4.83. The van der Waals surface area contributed by atoms with Crippen LogP contribution in [0.15, 0.2) is 60.7 Å². The van der Waals surface area contributed by atoms with Gasteiger partial charge in [-0.3, -0.25) is 4.90 Å². The van der Waals surface area contributed by atoms with Gasteiger partial charge in [-0.2, -0.15) is 0 Å². The van der Waals surface area contributed by atoms with E-state index in [0.29, 0.717) is 29.2 Å². The molecule has 0 heterocycles. The van der Waals surface area contributed by atoms with Crippen molar-refractivity contribution < 1.29 is 4.79 Å². The van der Waals surface area contributed by atoms with Crippen molar-refractivity contribution in [3.8, 4) is 0 Å². The van der Waals surface area contributed by atoms with Crippen LogP contribution in [-0.4, -0.2) is 13.1 Å². The molecule has 0 unspecified atom stereocenters. The number of carbonyl (C=O) groups is 1. The predicted octanol–water partition coefficient (Wildman–Crippen LogP) is 6.89. The number of carbonyl (C=O) groups excluding carboxylic acids is 1. The van der Waals surface area contributed by atoms with Crippen LogP contribution in [0.25, 0.3) is 0 Å². The molecule has 32 heavy (non-hydrogen) atoms. The zero-order valence-corrected chi connectivity index (χ0v) is 19.8. The van der Waals surface area contributed by atoms with Gasteiger partial charge in [0.1, 0.15) is 0 Å². The first kappa shape index (κ1) is 23.5. The highest BCUT2D eigenvalue weighted by molar-refractivity contribution is 6.32. The summed E-state index contributed by atoms with van der Waals surface area (Å²) in [6.07, 6.45) is 1.38. The van der Waals surface area contributed by atoms with E-state index in [4.69, 9.17) is 17.3 Å². The number of nitrogens with zero attached hydrogens (tertiary/aromatic N) is 1. The highest BCUT2D eigenvalue weighted by Gasteiger charge is 2.26. The number of urea groups is 1. The third-order valence-corrected chi connectivity index (χ3v) is 6.12. The number of nitrogens with one attached hydrogen (secondary N) is 2. The van der Waals surface area contributed by atoms with E-state index >= 15 is 0 Å². The second-order valence-electron chi connectivity index (χ2n) is 7.67. The molecule has 168 valence electrons. The number of hydrogen-bond acceptors (Lipinski definition) is 3. The number of amides is 2. The molecule has 3 aromatic carbocycles. The Bertz CT molecular complexity index is 1040. The minimum Gasteiger partial charge on any atom is -0.398 e. The third-order valence-electron chi connectivity index (χ3n) is 5.78. The van der Waals surface area contributed by atoms with Crippen molar-refractivity contribution in [2.24, 2.45) is 0 Å². The van der Waals surface area contributed by atoms with Crippen molar-refractivity contribution in [2.45, 2.75) is 39.7 Å². The van der Waals surface area contributed by atoms with Crippen molar-refractivity contribution in [1.29, 1.82) is 0 Å². The summed E-state index contributed by atoms with van der Waals surface area (Å²) in [5.74, 6) is 0. The Morgan fingerprint density at radius 1 is 1.03 bits per heavy atom. The summed E-state index contributed by atoms with van der Waals surface area (Å²) in [5, 5.41) is 6.83. The van der Waals surface area contributed by atoms with Crippen LogP contribution < -0.4 is 21.3 Å². The highest BCUT2D eigenvalue weighted by Crippen LogP contribution is 2.36. The Balaban J connectivity index is 2.06. The van der Waals surface area contributed by atoms with E-state index in [9.17, 15) is 4.79 Å². The zero-order chi connectivity index (χ0) is 23.3. The summed E-state index contributed by atoms with van der Waals surface area (Å²) < 4.78 is 0. The van der Waals surface area contributed by atoms with Gasteiger partial charge >= 0.3 is 6.03 Å². The van der Waals surface area contributed by atoms with Crippen LogP contribution in [-0.2, 0) is 12.8 Å². The molecule has 3 aromatic rings. The Morgan fingerprint density at radius 3 is 2.22 bits per heavy atom. The van der Waals surface area contributed by atoms with Crippen LogP contribution >= 0.6 is 11.6 Å². The molecule has 0 aliphatic rings. The van der Waals surface area contributed by atoms with E-state index in [-0.39, 0.29) is 12.1 Å². The van der Waals surface area contributed by atoms with Crippen LogP contribution in [0, 0.1) is 0 Å². The van der Waals surface area contributed by atoms with Gasteiger partial charge in [0.15, 0.2) is 0 Å². The monoisotopic (exact) mass is 450 g/mol. The van der Waals surface area contributed by atoms with Gasteiger partial charge in [-0.1, -0.05) is 55.8 Å². The summed E-state index contributed by atoms with van der Waals surface area (Å²) >= 11 is 6.48. The normalized spacial score (nSPS) is 11.7. The van der Waals surface area contributed by atoms with Crippen LogP contribution in [0.4, 0.5) is 27.5 Å². The Labute approximate surface area is 195 Å². The molecule has 1 atom stereocenters. The van der Waals surface area contributed by atoms with Gasteiger partial charge in [0.05, 0.1) is 11.7 Å². The lowest BCUT2D eigenvalue weighted by Gasteiger charge is -2.31. The fraction of sp³-hybridized carbons (Fsp3) is 0.269. The van der Waals surface area contributed by atoms with Crippen molar-refractivity contribution in [3.63, 3.8) is 0 Å². The van der Waals surface area contributed by atoms with Crippen molar-refractivity contribution in [2.75, 3.05) is 28.3 Å². The van der Waals surface area contributed by atoms with Gasteiger partial charge in [-0.05, 0) is 66.8 Å². The molecular weight excluding hydrogens is 420 g/mol. The van der Waals surface area contributed by atoms with Crippen LogP contribution in [0.5, 0.6) is 0 Å². The van der Waals surface area contributed by atoms with E-state index in [1.54, 1.807) is 11.0 Å². The minimum absolute atomic E-state index is 0.191. The molecule has 5 nitrogen and oxygen atoms in total. The lowest BCUT2D eigenvalue weighted by Crippen LogP contribution is -2.37. The van der Waals surface area contributed by atoms with Gasteiger partial charge in [-0.25, -0.2) is 4.79 Å². The lowest BCUT2D eigenvalue weighted by atomic mass is 10.0. The first-order chi connectivity index (χ1) is 15.4. The van der Waals surface area contributed by atoms with Crippen LogP contribution in [0.2, 0.25) is 5.02 Å². The SMILES string of the molecule is CCc1c(N)cc(Cl)c(CC)c1NC(=O)N(c1ccc(NC)cc1)[C@@H](C)c1ccccc1. The first-order valence-electron chi connectivity index (χ1n) is 10.9.